The summed E-state index contributed by atoms with van der Waals surface area (Å²) in [5.41, 5.74) is 13.8. The van der Waals surface area contributed by atoms with Crippen LogP contribution in [-0.4, -0.2) is 4.57 Å². The molecule has 0 atom stereocenters. The van der Waals surface area contributed by atoms with Crippen molar-refractivity contribution >= 4 is 71.2 Å². The van der Waals surface area contributed by atoms with Crippen molar-refractivity contribution in [3.05, 3.63) is 243 Å². The minimum Gasteiger partial charge on any atom is -0.310 e. The van der Waals surface area contributed by atoms with Gasteiger partial charge >= 0.3 is 0 Å². The number of aromatic nitrogens is 1. The highest BCUT2D eigenvalue weighted by Crippen LogP contribution is 2.45. The third kappa shape index (κ3) is 6.20. The maximum Gasteiger partial charge on any atom is 0.0546 e. The van der Waals surface area contributed by atoms with Crippen molar-refractivity contribution in [2.24, 2.45) is 0 Å². The zero-order valence-electron chi connectivity index (χ0n) is 34.0. The van der Waals surface area contributed by atoms with Crippen LogP contribution in [0.3, 0.4) is 0 Å². The fourth-order valence-corrected chi connectivity index (χ4v) is 9.44. The second kappa shape index (κ2) is 14.8. The number of fused-ring (bicyclic) bond motifs is 6. The van der Waals surface area contributed by atoms with Crippen molar-refractivity contribution in [1.82, 2.24) is 4.57 Å². The van der Waals surface area contributed by atoms with Crippen LogP contribution in [0.5, 0.6) is 0 Å². The number of para-hydroxylation sites is 2. The van der Waals surface area contributed by atoms with Crippen molar-refractivity contribution in [2.45, 2.75) is 0 Å². The Kier molecular flexibility index (Phi) is 8.53. The van der Waals surface area contributed by atoms with E-state index in [0.29, 0.717) is 0 Å². The molecule has 1 aromatic heterocycles. The maximum atomic E-state index is 2.45. The molecule has 0 saturated heterocycles. The van der Waals surface area contributed by atoms with E-state index in [1.807, 2.05) is 0 Å². The highest BCUT2D eigenvalue weighted by molar-refractivity contribution is 6.09. The molecular weight excluding hydrogens is 749 g/mol. The van der Waals surface area contributed by atoms with E-state index in [9.17, 15) is 0 Å². The van der Waals surface area contributed by atoms with Gasteiger partial charge in [0.1, 0.15) is 0 Å². The predicted molar refractivity (Wildman–Crippen MR) is 264 cm³/mol. The number of hydrogen-bond acceptors (Lipinski definition) is 1. The largest absolute Gasteiger partial charge is 0.310 e. The Bertz CT molecular complexity index is 3600. The molecule has 62 heavy (non-hydrogen) atoms. The Balaban J connectivity index is 1.09. The van der Waals surface area contributed by atoms with E-state index >= 15 is 0 Å². The smallest absolute Gasteiger partial charge is 0.0546 e. The Morgan fingerprint density at radius 3 is 1.32 bits per heavy atom. The normalized spacial score (nSPS) is 11.5. The van der Waals surface area contributed by atoms with Gasteiger partial charge in [0, 0.05) is 33.4 Å². The third-order valence-electron chi connectivity index (χ3n) is 12.5. The zero-order chi connectivity index (χ0) is 41.0. The van der Waals surface area contributed by atoms with Crippen molar-refractivity contribution < 1.29 is 0 Å². The fourth-order valence-electron chi connectivity index (χ4n) is 9.44. The van der Waals surface area contributed by atoms with Crippen molar-refractivity contribution in [1.29, 1.82) is 0 Å². The number of rotatable bonds is 7. The second-order valence-electron chi connectivity index (χ2n) is 16.2. The molecular formula is C60H40N2. The quantitative estimate of drug-likeness (QED) is 0.156. The van der Waals surface area contributed by atoms with E-state index in [1.165, 1.54) is 76.4 Å². The molecule has 290 valence electrons. The summed E-state index contributed by atoms with van der Waals surface area (Å²) in [6.45, 7) is 0. The van der Waals surface area contributed by atoms with Gasteiger partial charge in [0.05, 0.1) is 16.7 Å². The number of hydrogen-bond donors (Lipinski definition) is 0. The predicted octanol–water partition coefficient (Wildman–Crippen LogP) is 16.7. The lowest BCUT2D eigenvalue weighted by atomic mass is 9.94. The van der Waals surface area contributed by atoms with Gasteiger partial charge in [-0.05, 0) is 127 Å². The van der Waals surface area contributed by atoms with E-state index in [-0.39, 0.29) is 0 Å². The van der Waals surface area contributed by atoms with Crippen LogP contribution in [0.2, 0.25) is 0 Å². The highest BCUT2D eigenvalue weighted by Gasteiger charge is 2.21. The molecule has 0 aliphatic carbocycles. The summed E-state index contributed by atoms with van der Waals surface area (Å²) in [4.78, 5) is 2.45. The van der Waals surface area contributed by atoms with E-state index in [4.69, 9.17) is 0 Å². The van der Waals surface area contributed by atoms with Gasteiger partial charge in [-0.3, -0.25) is 0 Å². The minimum atomic E-state index is 1.07. The first kappa shape index (κ1) is 35.7. The van der Waals surface area contributed by atoms with Gasteiger partial charge in [-0.15, -0.1) is 0 Å². The van der Waals surface area contributed by atoms with Gasteiger partial charge in [0.15, 0.2) is 0 Å². The van der Waals surface area contributed by atoms with Crippen LogP contribution in [-0.2, 0) is 0 Å². The highest BCUT2D eigenvalue weighted by atomic mass is 15.1. The molecule has 0 fully saturated rings. The monoisotopic (exact) mass is 788 g/mol. The minimum absolute atomic E-state index is 1.07. The van der Waals surface area contributed by atoms with Gasteiger partial charge in [0.25, 0.3) is 0 Å². The Hall–Kier alpha value is -8.20. The molecule has 12 rings (SSSR count). The second-order valence-corrected chi connectivity index (χ2v) is 16.2. The Labute approximate surface area is 360 Å². The van der Waals surface area contributed by atoms with Crippen LogP contribution >= 0.6 is 0 Å². The van der Waals surface area contributed by atoms with Gasteiger partial charge in [-0.25, -0.2) is 0 Å². The number of benzene rings is 11. The number of nitrogens with zero attached hydrogens (tertiary/aromatic N) is 2. The van der Waals surface area contributed by atoms with E-state index in [2.05, 4.69) is 252 Å². The molecule has 0 bridgehead atoms. The molecule has 0 amide bonds. The van der Waals surface area contributed by atoms with Gasteiger partial charge in [0.2, 0.25) is 0 Å². The van der Waals surface area contributed by atoms with Crippen LogP contribution in [0.4, 0.5) is 17.1 Å². The molecule has 2 heteroatoms. The number of anilines is 3. The molecule has 0 N–H and O–H groups in total. The molecule has 0 unspecified atom stereocenters. The van der Waals surface area contributed by atoms with Gasteiger partial charge in [-0.1, -0.05) is 176 Å². The van der Waals surface area contributed by atoms with Crippen molar-refractivity contribution in [3.63, 3.8) is 0 Å². The lowest BCUT2D eigenvalue weighted by molar-refractivity contribution is 1.17. The SMILES string of the molecule is c1cc(N(c2ccc(-c3ccc4ccccc4c3)cc2)c2cc(-c3ccc4ccccc4c3)ccc2-c2ccc3ccccc3c2)cc(-n2c3ccccc3c3ccccc32)c1. The molecule has 0 aliphatic heterocycles. The summed E-state index contributed by atoms with van der Waals surface area (Å²) >= 11 is 0. The molecule has 12 aromatic rings. The van der Waals surface area contributed by atoms with Gasteiger partial charge < -0.3 is 9.47 Å². The van der Waals surface area contributed by atoms with Crippen LogP contribution in [0, 0.1) is 0 Å². The molecule has 0 aliphatic rings. The van der Waals surface area contributed by atoms with Crippen molar-refractivity contribution in [2.75, 3.05) is 4.90 Å². The van der Waals surface area contributed by atoms with E-state index < -0.39 is 0 Å². The Morgan fingerprint density at radius 1 is 0.274 bits per heavy atom. The van der Waals surface area contributed by atoms with Crippen LogP contribution in [0.15, 0.2) is 243 Å². The summed E-state index contributed by atoms with van der Waals surface area (Å²) in [6.07, 6.45) is 0. The zero-order valence-corrected chi connectivity index (χ0v) is 34.0. The average molecular weight is 789 g/mol. The molecule has 0 radical (unpaired) electrons. The topological polar surface area (TPSA) is 8.17 Å². The van der Waals surface area contributed by atoms with Crippen LogP contribution in [0.1, 0.15) is 0 Å². The maximum absolute atomic E-state index is 2.45. The molecule has 0 spiro atoms. The summed E-state index contributed by atoms with van der Waals surface area (Å²) in [7, 11) is 0. The molecule has 2 nitrogen and oxygen atoms in total. The fraction of sp³-hybridized carbons (Fsp3) is 0. The van der Waals surface area contributed by atoms with E-state index in [0.717, 1.165) is 33.9 Å². The summed E-state index contributed by atoms with van der Waals surface area (Å²) < 4.78 is 2.41. The molecule has 1 heterocycles. The molecule has 11 aromatic carbocycles. The summed E-state index contributed by atoms with van der Waals surface area (Å²) in [6, 6.07) is 88.8. The molecule has 0 saturated carbocycles. The van der Waals surface area contributed by atoms with Crippen molar-refractivity contribution in [3.8, 4) is 39.1 Å². The third-order valence-corrected chi connectivity index (χ3v) is 12.5. The first-order valence-corrected chi connectivity index (χ1v) is 21.3. The summed E-state index contributed by atoms with van der Waals surface area (Å²) in [5, 5.41) is 9.88. The Morgan fingerprint density at radius 2 is 0.726 bits per heavy atom. The lowest BCUT2D eigenvalue weighted by Crippen LogP contribution is -2.12. The summed E-state index contributed by atoms with van der Waals surface area (Å²) in [5.74, 6) is 0. The lowest BCUT2D eigenvalue weighted by Gasteiger charge is -2.29. The van der Waals surface area contributed by atoms with E-state index in [1.54, 1.807) is 0 Å². The average Bonchev–Trinajstić information content (AvgIpc) is 3.68. The van der Waals surface area contributed by atoms with Gasteiger partial charge in [-0.2, -0.15) is 0 Å². The first-order chi connectivity index (χ1) is 30.7. The van der Waals surface area contributed by atoms with Crippen LogP contribution < -0.4 is 4.90 Å². The van der Waals surface area contributed by atoms with Crippen LogP contribution in [0.25, 0.3) is 93.2 Å². The standard InChI is InChI=1S/C60H40N2/c1-4-15-45-36-48(27-24-41(45)12-1)44-30-33-52(34-31-44)61(53-18-11-19-54(40-53)62-58-22-9-7-20-56(58)57-21-8-10-23-59(57)62)60-39-50(49-28-25-42-13-2-5-16-46(42)37-49)32-35-55(60)51-29-26-43-14-3-6-17-47(43)38-51/h1-40H. The first-order valence-electron chi connectivity index (χ1n) is 21.3.